The third kappa shape index (κ3) is 2.38. The van der Waals surface area contributed by atoms with Crippen molar-refractivity contribution < 1.29 is 4.79 Å². The second kappa shape index (κ2) is 4.90. The molecule has 0 aliphatic carbocycles. The van der Waals surface area contributed by atoms with E-state index in [-0.39, 0.29) is 5.91 Å². The lowest BCUT2D eigenvalue weighted by molar-refractivity contribution is 0.0620. The molecule has 0 radical (unpaired) electrons. The maximum atomic E-state index is 12.2. The van der Waals surface area contributed by atoms with Crippen LogP contribution in [0.3, 0.4) is 0 Å². The van der Waals surface area contributed by atoms with Gasteiger partial charge in [-0.2, -0.15) is 0 Å². The fraction of sp³-hybridized carbons (Fsp3) is 0.500. The molecule has 3 aliphatic heterocycles. The second-order valence-electron chi connectivity index (χ2n) is 5.23. The fourth-order valence-electron chi connectivity index (χ4n) is 3.01. The third-order valence-corrected chi connectivity index (χ3v) is 4.29. The standard InChI is InChI=1S/C14H17ClN2O/c15-12-3-1-2-11(8-12)14(18)16-13-9-17-6-4-10(13)5-7-17/h1-3,8,10,13H,4-7,9H2,(H,16,18)/t13-/m1/s1. The first-order valence-corrected chi connectivity index (χ1v) is 6.89. The summed E-state index contributed by atoms with van der Waals surface area (Å²) < 4.78 is 0. The van der Waals surface area contributed by atoms with Crippen molar-refractivity contribution in [2.75, 3.05) is 19.6 Å². The lowest BCUT2D eigenvalue weighted by atomic mass is 9.84. The van der Waals surface area contributed by atoms with E-state index >= 15 is 0 Å². The Morgan fingerprint density at radius 1 is 1.33 bits per heavy atom. The summed E-state index contributed by atoms with van der Waals surface area (Å²) >= 11 is 5.91. The molecule has 0 aromatic heterocycles. The van der Waals surface area contributed by atoms with Crippen LogP contribution in [0.4, 0.5) is 0 Å². The van der Waals surface area contributed by atoms with E-state index < -0.39 is 0 Å². The lowest BCUT2D eigenvalue weighted by Gasteiger charge is -2.44. The zero-order valence-corrected chi connectivity index (χ0v) is 11.0. The van der Waals surface area contributed by atoms with Gasteiger partial charge in [-0.3, -0.25) is 4.79 Å². The number of benzene rings is 1. The van der Waals surface area contributed by atoms with Gasteiger partial charge in [-0.05, 0) is 50.0 Å². The van der Waals surface area contributed by atoms with E-state index in [9.17, 15) is 4.79 Å². The average Bonchev–Trinajstić information content (AvgIpc) is 2.40. The Morgan fingerprint density at radius 3 is 2.72 bits per heavy atom. The van der Waals surface area contributed by atoms with Gasteiger partial charge in [-0.25, -0.2) is 0 Å². The van der Waals surface area contributed by atoms with Crippen LogP contribution in [-0.4, -0.2) is 36.5 Å². The summed E-state index contributed by atoms with van der Waals surface area (Å²) in [4.78, 5) is 14.6. The summed E-state index contributed by atoms with van der Waals surface area (Å²) in [6, 6.07) is 7.43. The molecule has 1 aromatic rings. The molecule has 1 N–H and O–H groups in total. The van der Waals surface area contributed by atoms with Gasteiger partial charge >= 0.3 is 0 Å². The number of amides is 1. The molecule has 1 atom stereocenters. The summed E-state index contributed by atoms with van der Waals surface area (Å²) in [5.41, 5.74) is 0.652. The molecule has 0 spiro atoms. The van der Waals surface area contributed by atoms with Gasteiger partial charge in [0.1, 0.15) is 0 Å². The van der Waals surface area contributed by atoms with Crippen molar-refractivity contribution >= 4 is 17.5 Å². The molecule has 4 rings (SSSR count). The van der Waals surface area contributed by atoms with Crippen molar-refractivity contribution in [2.24, 2.45) is 5.92 Å². The van der Waals surface area contributed by atoms with Crippen molar-refractivity contribution in [3.63, 3.8) is 0 Å². The minimum atomic E-state index is -0.00347. The summed E-state index contributed by atoms with van der Waals surface area (Å²) in [7, 11) is 0. The van der Waals surface area contributed by atoms with Gasteiger partial charge in [0.25, 0.3) is 5.91 Å². The van der Waals surface area contributed by atoms with Crippen LogP contribution >= 0.6 is 11.6 Å². The highest BCUT2D eigenvalue weighted by molar-refractivity contribution is 6.30. The van der Waals surface area contributed by atoms with Gasteiger partial charge in [-0.1, -0.05) is 17.7 Å². The van der Waals surface area contributed by atoms with Crippen molar-refractivity contribution in [1.82, 2.24) is 10.2 Å². The summed E-state index contributed by atoms with van der Waals surface area (Å²) in [5, 5.41) is 3.76. The summed E-state index contributed by atoms with van der Waals surface area (Å²) in [6.45, 7) is 3.37. The van der Waals surface area contributed by atoms with Gasteiger partial charge in [0, 0.05) is 23.2 Å². The van der Waals surface area contributed by atoms with Crippen molar-refractivity contribution in [1.29, 1.82) is 0 Å². The van der Waals surface area contributed by atoms with Crippen LogP contribution in [0.2, 0.25) is 5.02 Å². The molecule has 3 nitrogen and oxygen atoms in total. The molecule has 18 heavy (non-hydrogen) atoms. The molecule has 2 bridgehead atoms. The zero-order chi connectivity index (χ0) is 12.5. The number of carbonyl (C=O) groups is 1. The molecule has 3 fully saturated rings. The van der Waals surface area contributed by atoms with E-state index in [1.807, 2.05) is 12.1 Å². The third-order valence-electron chi connectivity index (χ3n) is 4.06. The van der Waals surface area contributed by atoms with E-state index in [1.54, 1.807) is 12.1 Å². The number of piperidine rings is 3. The summed E-state index contributed by atoms with van der Waals surface area (Å²) in [5.74, 6) is 0.648. The van der Waals surface area contributed by atoms with E-state index in [4.69, 9.17) is 11.6 Å². The Hall–Kier alpha value is -1.06. The number of rotatable bonds is 2. The Kier molecular flexibility index (Phi) is 3.27. The van der Waals surface area contributed by atoms with Crippen molar-refractivity contribution in [3.8, 4) is 0 Å². The molecule has 0 saturated carbocycles. The number of halogens is 1. The highest BCUT2D eigenvalue weighted by Crippen LogP contribution is 2.27. The highest BCUT2D eigenvalue weighted by atomic mass is 35.5. The van der Waals surface area contributed by atoms with Gasteiger partial charge in [0.05, 0.1) is 0 Å². The van der Waals surface area contributed by atoms with Gasteiger partial charge < -0.3 is 10.2 Å². The number of fused-ring (bicyclic) bond motifs is 3. The van der Waals surface area contributed by atoms with Gasteiger partial charge in [0.2, 0.25) is 0 Å². The molecular weight excluding hydrogens is 248 g/mol. The minimum absolute atomic E-state index is 0.00347. The van der Waals surface area contributed by atoms with Crippen LogP contribution < -0.4 is 5.32 Å². The van der Waals surface area contributed by atoms with Gasteiger partial charge in [-0.15, -0.1) is 0 Å². The van der Waals surface area contributed by atoms with Crippen LogP contribution in [0.25, 0.3) is 0 Å². The number of hydrogen-bond acceptors (Lipinski definition) is 2. The van der Waals surface area contributed by atoms with Crippen LogP contribution in [-0.2, 0) is 0 Å². The lowest BCUT2D eigenvalue weighted by Crippen LogP contribution is -2.57. The largest absolute Gasteiger partial charge is 0.348 e. The molecule has 1 aromatic carbocycles. The first-order valence-electron chi connectivity index (χ1n) is 6.51. The first kappa shape index (κ1) is 12.0. The van der Waals surface area contributed by atoms with E-state index in [0.717, 1.165) is 6.54 Å². The predicted octanol–water partition coefficient (Wildman–Crippen LogP) is 2.16. The van der Waals surface area contributed by atoms with E-state index in [2.05, 4.69) is 10.2 Å². The highest BCUT2D eigenvalue weighted by Gasteiger charge is 2.34. The van der Waals surface area contributed by atoms with Crippen LogP contribution in [0.1, 0.15) is 23.2 Å². The molecule has 96 valence electrons. The number of nitrogens with one attached hydrogen (secondary N) is 1. The molecule has 3 heterocycles. The van der Waals surface area contributed by atoms with E-state index in [1.165, 1.54) is 25.9 Å². The van der Waals surface area contributed by atoms with Crippen LogP contribution in [0, 0.1) is 5.92 Å². The quantitative estimate of drug-likeness (QED) is 0.888. The zero-order valence-electron chi connectivity index (χ0n) is 10.2. The SMILES string of the molecule is O=C(N[C@@H]1CN2CCC1CC2)c1cccc(Cl)c1. The normalized spacial score (nSPS) is 30.2. The fourth-order valence-corrected chi connectivity index (χ4v) is 3.20. The Morgan fingerprint density at radius 2 is 2.11 bits per heavy atom. The Balaban J connectivity index is 1.68. The number of hydrogen-bond donors (Lipinski definition) is 1. The minimum Gasteiger partial charge on any atom is -0.348 e. The van der Waals surface area contributed by atoms with Crippen LogP contribution in [0.5, 0.6) is 0 Å². The predicted molar refractivity (Wildman–Crippen MR) is 71.9 cm³/mol. The average molecular weight is 265 g/mol. The Bertz CT molecular complexity index is 455. The maximum absolute atomic E-state index is 12.2. The molecule has 3 saturated heterocycles. The molecule has 1 amide bonds. The number of carbonyl (C=O) groups excluding carboxylic acids is 1. The Labute approximate surface area is 112 Å². The smallest absolute Gasteiger partial charge is 0.251 e. The monoisotopic (exact) mass is 264 g/mol. The molecule has 0 unspecified atom stereocenters. The first-order chi connectivity index (χ1) is 8.72. The topological polar surface area (TPSA) is 32.3 Å². The van der Waals surface area contributed by atoms with Gasteiger partial charge in [0.15, 0.2) is 0 Å². The summed E-state index contributed by atoms with van der Waals surface area (Å²) in [6.07, 6.45) is 2.42. The number of nitrogens with zero attached hydrogens (tertiary/aromatic N) is 1. The molecule has 4 heteroatoms. The maximum Gasteiger partial charge on any atom is 0.251 e. The molecular formula is C14H17ClN2O. The second-order valence-corrected chi connectivity index (χ2v) is 5.66. The van der Waals surface area contributed by atoms with Crippen molar-refractivity contribution in [3.05, 3.63) is 34.9 Å². The van der Waals surface area contributed by atoms with Crippen LogP contribution in [0.15, 0.2) is 24.3 Å². The van der Waals surface area contributed by atoms with E-state index in [0.29, 0.717) is 22.5 Å². The van der Waals surface area contributed by atoms with Crippen molar-refractivity contribution in [2.45, 2.75) is 18.9 Å². The molecule has 3 aliphatic rings.